The minimum absolute atomic E-state index is 0.0930. The first-order valence-corrected chi connectivity index (χ1v) is 6.08. The van der Waals surface area contributed by atoms with Gasteiger partial charge in [0.25, 0.3) is 0 Å². The number of imidazole rings is 1. The summed E-state index contributed by atoms with van der Waals surface area (Å²) in [7, 11) is 2.01. The highest BCUT2D eigenvalue weighted by Crippen LogP contribution is 2.25. The smallest absolute Gasteiger partial charge is 0.0946 e. The fourth-order valence-electron chi connectivity index (χ4n) is 2.46. The molecule has 0 amide bonds. The topological polar surface area (TPSA) is 56.3 Å². The molecule has 0 radical (unpaired) electrons. The van der Waals surface area contributed by atoms with E-state index < -0.39 is 0 Å². The van der Waals surface area contributed by atoms with Crippen molar-refractivity contribution in [2.45, 2.75) is 25.5 Å². The largest absolute Gasteiger partial charge is 0.373 e. The van der Waals surface area contributed by atoms with E-state index in [2.05, 4.69) is 23.7 Å². The van der Waals surface area contributed by atoms with Gasteiger partial charge in [0, 0.05) is 32.9 Å². The molecule has 5 nitrogen and oxygen atoms in total. The highest BCUT2D eigenvalue weighted by atomic mass is 16.5. The van der Waals surface area contributed by atoms with E-state index >= 15 is 0 Å². The Morgan fingerprint density at radius 1 is 1.59 bits per heavy atom. The molecule has 5 heteroatoms. The predicted octanol–water partition coefficient (Wildman–Crippen LogP) is 0.531. The summed E-state index contributed by atoms with van der Waals surface area (Å²) < 4.78 is 7.77. The molecule has 0 aliphatic carbocycles. The third-order valence-electron chi connectivity index (χ3n) is 3.31. The van der Waals surface area contributed by atoms with E-state index in [0.29, 0.717) is 6.54 Å². The number of aromatic nitrogens is 2. The summed E-state index contributed by atoms with van der Waals surface area (Å²) in [6, 6.07) is 0.227. The Labute approximate surface area is 103 Å². The van der Waals surface area contributed by atoms with Crippen LogP contribution in [0.25, 0.3) is 0 Å². The highest BCUT2D eigenvalue weighted by Gasteiger charge is 2.32. The van der Waals surface area contributed by atoms with E-state index in [9.17, 15) is 0 Å². The highest BCUT2D eigenvalue weighted by molar-refractivity contribution is 5.07. The quantitative estimate of drug-likeness (QED) is 0.834. The average Bonchev–Trinajstić information content (AvgIpc) is 2.65. The van der Waals surface area contributed by atoms with Gasteiger partial charge in [0.1, 0.15) is 0 Å². The van der Waals surface area contributed by atoms with Gasteiger partial charge in [0.15, 0.2) is 0 Å². The first kappa shape index (κ1) is 12.5. The Kier molecular flexibility index (Phi) is 3.51. The van der Waals surface area contributed by atoms with Gasteiger partial charge in [-0.05, 0) is 13.8 Å². The summed E-state index contributed by atoms with van der Waals surface area (Å²) in [5.41, 5.74) is 7.01. The molecule has 0 aromatic carbocycles. The van der Waals surface area contributed by atoms with Crippen molar-refractivity contribution in [2.75, 3.05) is 26.2 Å². The van der Waals surface area contributed by atoms with Crippen LogP contribution in [0.5, 0.6) is 0 Å². The van der Waals surface area contributed by atoms with Gasteiger partial charge in [-0.3, -0.25) is 4.90 Å². The Bertz CT molecular complexity index is 374. The lowest BCUT2D eigenvalue weighted by Crippen LogP contribution is -2.51. The van der Waals surface area contributed by atoms with Gasteiger partial charge in [-0.25, -0.2) is 4.98 Å². The third kappa shape index (κ3) is 2.68. The molecule has 1 fully saturated rings. The normalized spacial score (nSPS) is 22.6. The van der Waals surface area contributed by atoms with Crippen LogP contribution >= 0.6 is 0 Å². The standard InChI is InChI=1S/C12H22N4O/c1-12(2)8-16(4-5-17-12)10(6-13)11-7-14-9-15(11)3/h7,9-10H,4-6,8,13H2,1-3H3. The van der Waals surface area contributed by atoms with E-state index in [0.717, 1.165) is 19.7 Å². The Hall–Kier alpha value is -0.910. The molecule has 0 saturated carbocycles. The van der Waals surface area contributed by atoms with Gasteiger partial charge in [0.2, 0.25) is 0 Å². The molecule has 2 rings (SSSR count). The van der Waals surface area contributed by atoms with Crippen LogP contribution in [0.2, 0.25) is 0 Å². The van der Waals surface area contributed by atoms with E-state index in [-0.39, 0.29) is 11.6 Å². The number of hydrogen-bond donors (Lipinski definition) is 1. The number of nitrogens with zero attached hydrogens (tertiary/aromatic N) is 3. The minimum Gasteiger partial charge on any atom is -0.373 e. The molecule has 1 unspecified atom stereocenters. The second-order valence-corrected chi connectivity index (χ2v) is 5.26. The lowest BCUT2D eigenvalue weighted by Gasteiger charge is -2.41. The average molecular weight is 238 g/mol. The van der Waals surface area contributed by atoms with Crippen LogP contribution in [0.3, 0.4) is 0 Å². The van der Waals surface area contributed by atoms with Crippen LogP contribution in [0.15, 0.2) is 12.5 Å². The van der Waals surface area contributed by atoms with Crippen molar-refractivity contribution in [3.8, 4) is 0 Å². The summed E-state index contributed by atoms with van der Waals surface area (Å²) >= 11 is 0. The Morgan fingerprint density at radius 2 is 2.35 bits per heavy atom. The lowest BCUT2D eigenvalue weighted by molar-refractivity contribution is -0.0973. The van der Waals surface area contributed by atoms with Crippen molar-refractivity contribution in [1.82, 2.24) is 14.5 Å². The monoisotopic (exact) mass is 238 g/mol. The molecule has 1 aliphatic heterocycles. The summed E-state index contributed by atoms with van der Waals surface area (Å²) in [5.74, 6) is 0. The number of ether oxygens (including phenoxy) is 1. The maximum absolute atomic E-state index is 5.93. The molecule has 1 saturated heterocycles. The number of hydrogen-bond acceptors (Lipinski definition) is 4. The van der Waals surface area contributed by atoms with Gasteiger partial charge < -0.3 is 15.0 Å². The van der Waals surface area contributed by atoms with E-state index in [1.165, 1.54) is 5.69 Å². The van der Waals surface area contributed by atoms with Crippen LogP contribution in [-0.2, 0) is 11.8 Å². The summed E-state index contributed by atoms with van der Waals surface area (Å²) in [6.45, 7) is 7.44. The van der Waals surface area contributed by atoms with Crippen molar-refractivity contribution in [2.24, 2.45) is 12.8 Å². The number of rotatable bonds is 3. The second-order valence-electron chi connectivity index (χ2n) is 5.26. The van der Waals surface area contributed by atoms with Crippen molar-refractivity contribution in [3.63, 3.8) is 0 Å². The fourth-order valence-corrected chi connectivity index (χ4v) is 2.46. The molecule has 1 aromatic rings. The first-order chi connectivity index (χ1) is 8.03. The minimum atomic E-state index is -0.0930. The maximum atomic E-state index is 5.93. The van der Waals surface area contributed by atoms with E-state index in [1.807, 2.05) is 24.1 Å². The van der Waals surface area contributed by atoms with Gasteiger partial charge in [-0.1, -0.05) is 0 Å². The van der Waals surface area contributed by atoms with Gasteiger partial charge in [-0.15, -0.1) is 0 Å². The molecule has 0 bridgehead atoms. The number of aryl methyl sites for hydroxylation is 1. The van der Waals surface area contributed by atoms with E-state index in [4.69, 9.17) is 10.5 Å². The zero-order valence-corrected chi connectivity index (χ0v) is 10.9. The molecule has 0 spiro atoms. The molecule has 17 heavy (non-hydrogen) atoms. The van der Waals surface area contributed by atoms with Gasteiger partial charge in [0.05, 0.1) is 30.3 Å². The molecule has 1 atom stereocenters. The fraction of sp³-hybridized carbons (Fsp3) is 0.750. The maximum Gasteiger partial charge on any atom is 0.0946 e. The van der Waals surface area contributed by atoms with Crippen LogP contribution in [0.1, 0.15) is 25.6 Å². The number of nitrogens with two attached hydrogens (primary N) is 1. The second kappa shape index (κ2) is 4.76. The number of morpholine rings is 1. The molecule has 2 heterocycles. The summed E-state index contributed by atoms with van der Waals surface area (Å²) in [6.07, 6.45) is 3.73. The van der Waals surface area contributed by atoms with Crippen molar-refractivity contribution in [1.29, 1.82) is 0 Å². The summed E-state index contributed by atoms with van der Waals surface area (Å²) in [4.78, 5) is 6.56. The van der Waals surface area contributed by atoms with Gasteiger partial charge >= 0.3 is 0 Å². The molecule has 96 valence electrons. The Morgan fingerprint density at radius 3 is 2.88 bits per heavy atom. The summed E-state index contributed by atoms with van der Waals surface area (Å²) in [5, 5.41) is 0. The van der Waals surface area contributed by atoms with Gasteiger partial charge in [-0.2, -0.15) is 0 Å². The zero-order valence-electron chi connectivity index (χ0n) is 10.9. The van der Waals surface area contributed by atoms with Crippen LogP contribution in [-0.4, -0.2) is 46.3 Å². The first-order valence-electron chi connectivity index (χ1n) is 6.08. The molecule has 1 aliphatic rings. The lowest BCUT2D eigenvalue weighted by atomic mass is 10.0. The zero-order chi connectivity index (χ0) is 12.5. The van der Waals surface area contributed by atoms with E-state index in [1.54, 1.807) is 0 Å². The van der Waals surface area contributed by atoms with Crippen LogP contribution < -0.4 is 5.73 Å². The van der Waals surface area contributed by atoms with Crippen molar-refractivity contribution in [3.05, 3.63) is 18.2 Å². The van der Waals surface area contributed by atoms with Crippen LogP contribution in [0.4, 0.5) is 0 Å². The SMILES string of the molecule is Cn1cncc1C(CN)N1CCOC(C)(C)C1. The Balaban J connectivity index is 2.16. The molecular weight excluding hydrogens is 216 g/mol. The third-order valence-corrected chi connectivity index (χ3v) is 3.31. The van der Waals surface area contributed by atoms with Crippen molar-refractivity contribution < 1.29 is 4.74 Å². The molecule has 2 N–H and O–H groups in total. The predicted molar refractivity (Wildman–Crippen MR) is 66.6 cm³/mol. The molecular formula is C12H22N4O. The van der Waals surface area contributed by atoms with Crippen molar-refractivity contribution >= 4 is 0 Å². The van der Waals surface area contributed by atoms with Crippen LogP contribution in [0, 0.1) is 0 Å². The molecule has 1 aromatic heterocycles.